The molecule has 0 N–H and O–H groups in total. The number of hydrogen-bond acceptors (Lipinski definition) is 8. The van der Waals surface area contributed by atoms with Crippen LogP contribution in [0.3, 0.4) is 0 Å². The molecule has 2 heterocycles. The fourth-order valence-corrected chi connectivity index (χ4v) is 2.54. The second kappa shape index (κ2) is 6.75. The van der Waals surface area contributed by atoms with Gasteiger partial charge >= 0.3 is 5.97 Å². The molecule has 3 aromatic rings. The normalized spacial score (nSPS) is 10.8. The van der Waals surface area contributed by atoms with E-state index in [4.69, 9.17) is 9.26 Å². The number of aromatic nitrogens is 3. The van der Waals surface area contributed by atoms with Gasteiger partial charge in [-0.25, -0.2) is 4.68 Å². The second-order valence-electron chi connectivity index (χ2n) is 5.39. The molecule has 0 saturated carbocycles. The summed E-state index contributed by atoms with van der Waals surface area (Å²) in [5.41, 5.74) is -0.100. The van der Waals surface area contributed by atoms with E-state index in [9.17, 15) is 19.7 Å². The first-order chi connectivity index (χ1) is 12.4. The first-order valence-electron chi connectivity index (χ1n) is 7.70. The number of benzene rings is 1. The number of hydrogen-bond donors (Lipinski definition) is 0. The minimum atomic E-state index is -0.633. The maximum absolute atomic E-state index is 12.5. The van der Waals surface area contributed by atoms with Crippen LogP contribution in [-0.4, -0.2) is 32.4 Å². The summed E-state index contributed by atoms with van der Waals surface area (Å²) in [6.45, 7) is 3.01. The van der Waals surface area contributed by atoms with E-state index in [-0.39, 0.29) is 23.5 Å². The van der Waals surface area contributed by atoms with Crippen LogP contribution in [0.2, 0.25) is 0 Å². The largest absolute Gasteiger partial charge is 0.465 e. The van der Waals surface area contributed by atoms with Gasteiger partial charge in [0, 0.05) is 17.7 Å². The van der Waals surface area contributed by atoms with Gasteiger partial charge in [-0.15, -0.1) is 0 Å². The van der Waals surface area contributed by atoms with Crippen LogP contribution in [0.4, 0.5) is 5.69 Å². The molecule has 3 rings (SSSR count). The number of nitro groups is 1. The van der Waals surface area contributed by atoms with Gasteiger partial charge in [-0.1, -0.05) is 17.3 Å². The van der Waals surface area contributed by atoms with E-state index in [1.165, 1.54) is 18.2 Å². The summed E-state index contributed by atoms with van der Waals surface area (Å²) < 4.78 is 10.8. The molecule has 26 heavy (non-hydrogen) atoms. The van der Waals surface area contributed by atoms with Crippen molar-refractivity contribution in [2.24, 2.45) is 0 Å². The van der Waals surface area contributed by atoms with Gasteiger partial charge in [0.25, 0.3) is 11.2 Å². The quantitative estimate of drug-likeness (QED) is 0.383. The van der Waals surface area contributed by atoms with Gasteiger partial charge in [0.2, 0.25) is 0 Å². The molecule has 0 aliphatic heterocycles. The van der Waals surface area contributed by atoms with Gasteiger partial charge in [0.15, 0.2) is 5.52 Å². The van der Waals surface area contributed by atoms with Gasteiger partial charge in [0.1, 0.15) is 18.0 Å². The van der Waals surface area contributed by atoms with Crippen LogP contribution in [0.5, 0.6) is 0 Å². The van der Waals surface area contributed by atoms with E-state index in [0.717, 1.165) is 4.68 Å². The number of esters is 1. The number of aryl methyl sites for hydroxylation is 1. The highest BCUT2D eigenvalue weighted by atomic mass is 16.6. The lowest BCUT2D eigenvalue weighted by atomic mass is 10.1. The summed E-state index contributed by atoms with van der Waals surface area (Å²) in [4.78, 5) is 34.8. The highest BCUT2D eigenvalue weighted by molar-refractivity contribution is 5.93. The molecule has 0 aliphatic rings. The minimum absolute atomic E-state index is 0.0108. The standard InChI is InChI=1S/C16H14N4O6/c1-3-25-12(21)8-19-16(22)15-13(9(2)26-18-15)14(17-19)10-5-4-6-11(7-10)20(23)24/h4-7H,3,8H2,1-2H3. The van der Waals surface area contributed by atoms with E-state index in [0.29, 0.717) is 16.7 Å². The topological polar surface area (TPSA) is 130 Å². The van der Waals surface area contributed by atoms with Crippen molar-refractivity contribution >= 4 is 22.6 Å². The maximum Gasteiger partial charge on any atom is 0.327 e. The Kier molecular flexibility index (Phi) is 4.48. The Labute approximate surface area is 146 Å². The van der Waals surface area contributed by atoms with Crippen LogP contribution in [0.1, 0.15) is 12.7 Å². The predicted octanol–water partition coefficient (Wildman–Crippen LogP) is 1.83. The molecule has 0 amide bonds. The van der Waals surface area contributed by atoms with Crippen molar-refractivity contribution in [3.05, 3.63) is 50.5 Å². The molecule has 0 bridgehead atoms. The third kappa shape index (κ3) is 3.04. The minimum Gasteiger partial charge on any atom is -0.465 e. The molecular formula is C16H14N4O6. The molecule has 0 unspecified atom stereocenters. The number of rotatable bonds is 5. The summed E-state index contributed by atoms with van der Waals surface area (Å²) >= 11 is 0. The lowest BCUT2D eigenvalue weighted by Gasteiger charge is -2.08. The highest BCUT2D eigenvalue weighted by Gasteiger charge is 2.21. The molecule has 10 nitrogen and oxygen atoms in total. The highest BCUT2D eigenvalue weighted by Crippen LogP contribution is 2.29. The average Bonchev–Trinajstić information content (AvgIpc) is 3.00. The van der Waals surface area contributed by atoms with Gasteiger partial charge in [-0.3, -0.25) is 19.7 Å². The second-order valence-corrected chi connectivity index (χ2v) is 5.39. The van der Waals surface area contributed by atoms with Crippen LogP contribution in [0.15, 0.2) is 33.6 Å². The monoisotopic (exact) mass is 358 g/mol. The third-order valence-corrected chi connectivity index (χ3v) is 3.67. The first kappa shape index (κ1) is 17.3. The van der Waals surface area contributed by atoms with Gasteiger partial charge in [0.05, 0.1) is 16.9 Å². The van der Waals surface area contributed by atoms with Crippen molar-refractivity contribution in [1.29, 1.82) is 0 Å². The number of ether oxygens (including phenoxy) is 1. The number of carbonyl (C=O) groups excluding carboxylic acids is 1. The molecule has 10 heteroatoms. The smallest absolute Gasteiger partial charge is 0.327 e. The van der Waals surface area contributed by atoms with Gasteiger partial charge in [-0.2, -0.15) is 5.10 Å². The zero-order chi connectivity index (χ0) is 18.8. The fourth-order valence-electron chi connectivity index (χ4n) is 2.54. The van der Waals surface area contributed by atoms with Crippen molar-refractivity contribution < 1.29 is 19.0 Å². The lowest BCUT2D eigenvalue weighted by Crippen LogP contribution is -2.28. The molecule has 0 aliphatic carbocycles. The van der Waals surface area contributed by atoms with Gasteiger partial charge < -0.3 is 9.26 Å². The van der Waals surface area contributed by atoms with Crippen molar-refractivity contribution in [1.82, 2.24) is 14.9 Å². The summed E-state index contributed by atoms with van der Waals surface area (Å²) in [5.74, 6) is -0.291. The molecule has 0 saturated heterocycles. The van der Waals surface area contributed by atoms with E-state index >= 15 is 0 Å². The zero-order valence-electron chi connectivity index (χ0n) is 14.0. The van der Waals surface area contributed by atoms with E-state index < -0.39 is 23.0 Å². The Balaban J connectivity index is 2.24. The Morgan fingerprint density at radius 1 is 1.42 bits per heavy atom. The van der Waals surface area contributed by atoms with Crippen LogP contribution in [0.25, 0.3) is 22.2 Å². The zero-order valence-corrected chi connectivity index (χ0v) is 14.0. The molecule has 0 radical (unpaired) electrons. The van der Waals surface area contributed by atoms with Crippen molar-refractivity contribution in [2.75, 3.05) is 6.61 Å². The molecule has 1 aromatic carbocycles. The molecular weight excluding hydrogens is 344 g/mol. The van der Waals surface area contributed by atoms with Gasteiger partial charge in [-0.05, 0) is 13.8 Å². The Morgan fingerprint density at radius 2 is 2.19 bits per heavy atom. The predicted molar refractivity (Wildman–Crippen MR) is 89.5 cm³/mol. The maximum atomic E-state index is 12.5. The van der Waals surface area contributed by atoms with Crippen LogP contribution < -0.4 is 5.56 Å². The Morgan fingerprint density at radius 3 is 2.88 bits per heavy atom. The molecule has 0 atom stereocenters. The van der Waals surface area contributed by atoms with Crippen LogP contribution in [-0.2, 0) is 16.1 Å². The summed E-state index contributed by atoms with van der Waals surface area (Å²) in [6.07, 6.45) is 0. The first-order valence-corrected chi connectivity index (χ1v) is 7.70. The number of fused-ring (bicyclic) bond motifs is 1. The van der Waals surface area contributed by atoms with Crippen molar-refractivity contribution in [3.8, 4) is 11.3 Å². The lowest BCUT2D eigenvalue weighted by molar-refractivity contribution is -0.384. The average molecular weight is 358 g/mol. The summed E-state index contributed by atoms with van der Waals surface area (Å²) in [5, 5.41) is 19.3. The number of nitro benzene ring substituents is 1. The van der Waals surface area contributed by atoms with Crippen molar-refractivity contribution in [2.45, 2.75) is 20.4 Å². The van der Waals surface area contributed by atoms with E-state index in [2.05, 4.69) is 10.3 Å². The molecule has 2 aromatic heterocycles. The van der Waals surface area contributed by atoms with Crippen LogP contribution in [0, 0.1) is 17.0 Å². The van der Waals surface area contributed by atoms with E-state index in [1.54, 1.807) is 19.9 Å². The van der Waals surface area contributed by atoms with Crippen LogP contribution >= 0.6 is 0 Å². The molecule has 0 fully saturated rings. The number of non-ortho nitro benzene ring substituents is 1. The SMILES string of the molecule is CCOC(=O)Cn1nc(-c2cccc([N+](=O)[O-])c2)c2c(C)onc2c1=O. The van der Waals surface area contributed by atoms with E-state index in [1.807, 2.05) is 0 Å². The fraction of sp³-hybridized carbons (Fsp3) is 0.250. The molecule has 134 valence electrons. The van der Waals surface area contributed by atoms with Crippen molar-refractivity contribution in [3.63, 3.8) is 0 Å². The molecule has 0 spiro atoms. The Hall–Kier alpha value is -3.56. The summed E-state index contributed by atoms with van der Waals surface area (Å²) in [7, 11) is 0. The number of carbonyl (C=O) groups is 1. The Bertz CT molecular complexity index is 1070. The summed E-state index contributed by atoms with van der Waals surface area (Å²) in [6, 6.07) is 5.79. The number of nitrogens with zero attached hydrogens (tertiary/aromatic N) is 4. The third-order valence-electron chi connectivity index (χ3n) is 3.67.